The Labute approximate surface area is 155 Å². The average molecular weight is 374 g/mol. The van der Waals surface area contributed by atoms with Crippen molar-refractivity contribution in [3.05, 3.63) is 56.8 Å². The number of amides is 1. The molecular formula is C18H16ClN3O4. The molecule has 7 nitrogen and oxygen atoms in total. The lowest BCUT2D eigenvalue weighted by Gasteiger charge is -2.17. The summed E-state index contributed by atoms with van der Waals surface area (Å²) in [6.45, 7) is 4.60. The van der Waals surface area contributed by atoms with Gasteiger partial charge in [-0.15, -0.1) is 0 Å². The average Bonchev–Trinajstić information content (AvgIpc) is 3.08. The molecule has 134 valence electrons. The lowest BCUT2D eigenvalue weighted by atomic mass is 10.1. The van der Waals surface area contributed by atoms with Crippen LogP contribution in [0.15, 0.2) is 40.3 Å². The van der Waals surface area contributed by atoms with E-state index in [2.05, 4.69) is 0 Å². The highest BCUT2D eigenvalue weighted by atomic mass is 35.5. The van der Waals surface area contributed by atoms with Crippen LogP contribution < -0.4 is 0 Å². The fourth-order valence-corrected chi connectivity index (χ4v) is 2.57. The van der Waals surface area contributed by atoms with Crippen LogP contribution in [0.5, 0.6) is 0 Å². The van der Waals surface area contributed by atoms with Crippen molar-refractivity contribution in [3.63, 3.8) is 0 Å². The van der Waals surface area contributed by atoms with Crippen molar-refractivity contribution >= 4 is 29.3 Å². The quantitative estimate of drug-likeness (QED) is 0.325. The number of hydrogen-bond donors (Lipinski definition) is 0. The smallest absolute Gasteiger partial charge is 0.281 e. The maximum absolute atomic E-state index is 12.3. The Morgan fingerprint density at radius 3 is 2.62 bits per heavy atom. The first-order chi connectivity index (χ1) is 12.4. The van der Waals surface area contributed by atoms with E-state index in [4.69, 9.17) is 16.0 Å². The number of rotatable bonds is 6. The summed E-state index contributed by atoms with van der Waals surface area (Å²) in [5.41, 5.74) is -0.00469. The zero-order valence-electron chi connectivity index (χ0n) is 14.2. The molecule has 8 heteroatoms. The van der Waals surface area contributed by atoms with E-state index in [1.807, 2.05) is 19.9 Å². The van der Waals surface area contributed by atoms with Gasteiger partial charge in [-0.3, -0.25) is 14.9 Å². The second-order valence-electron chi connectivity index (χ2n) is 5.27. The Morgan fingerprint density at radius 2 is 2.04 bits per heavy atom. The number of nitro groups is 1. The van der Waals surface area contributed by atoms with Crippen molar-refractivity contribution in [2.45, 2.75) is 13.8 Å². The molecule has 0 spiro atoms. The summed E-state index contributed by atoms with van der Waals surface area (Å²) in [4.78, 5) is 24.5. The lowest BCUT2D eigenvalue weighted by molar-refractivity contribution is -0.384. The Morgan fingerprint density at radius 1 is 1.35 bits per heavy atom. The van der Waals surface area contributed by atoms with Crippen LogP contribution in [0, 0.1) is 21.4 Å². The molecule has 0 atom stereocenters. The van der Waals surface area contributed by atoms with Crippen LogP contribution in [0.4, 0.5) is 5.69 Å². The van der Waals surface area contributed by atoms with Crippen molar-refractivity contribution in [1.29, 1.82) is 5.26 Å². The number of furan rings is 1. The van der Waals surface area contributed by atoms with Crippen molar-refractivity contribution < 1.29 is 14.1 Å². The van der Waals surface area contributed by atoms with Gasteiger partial charge < -0.3 is 9.32 Å². The van der Waals surface area contributed by atoms with Gasteiger partial charge in [0.15, 0.2) is 0 Å². The van der Waals surface area contributed by atoms with Gasteiger partial charge in [0, 0.05) is 30.3 Å². The maximum Gasteiger partial charge on any atom is 0.281 e. The number of carbonyl (C=O) groups is 1. The highest BCUT2D eigenvalue weighted by Gasteiger charge is 2.20. The third-order valence-corrected chi connectivity index (χ3v) is 3.97. The fraction of sp³-hybridized carbons (Fsp3) is 0.222. The minimum atomic E-state index is -0.552. The first kappa shape index (κ1) is 19.2. The van der Waals surface area contributed by atoms with E-state index in [1.54, 1.807) is 12.1 Å². The molecule has 0 aliphatic carbocycles. The van der Waals surface area contributed by atoms with E-state index >= 15 is 0 Å². The van der Waals surface area contributed by atoms with E-state index in [9.17, 15) is 20.2 Å². The van der Waals surface area contributed by atoms with Gasteiger partial charge in [-0.05, 0) is 38.1 Å². The number of likely N-dealkylation sites (N-methyl/N-ethyl adjacent to an activating group) is 1. The molecule has 2 aromatic rings. The van der Waals surface area contributed by atoms with Gasteiger partial charge in [-0.25, -0.2) is 0 Å². The first-order valence-electron chi connectivity index (χ1n) is 7.86. The van der Waals surface area contributed by atoms with E-state index in [0.29, 0.717) is 13.1 Å². The second kappa shape index (κ2) is 8.32. The van der Waals surface area contributed by atoms with Gasteiger partial charge in [0.2, 0.25) is 0 Å². The van der Waals surface area contributed by atoms with Crippen LogP contribution in [0.3, 0.4) is 0 Å². The minimum Gasteiger partial charge on any atom is -0.456 e. The summed E-state index contributed by atoms with van der Waals surface area (Å²) in [6.07, 6.45) is 1.33. The second-order valence-corrected chi connectivity index (χ2v) is 5.70. The standard InChI is InChI=1S/C18H16ClN3O4/c1-3-21(4-2)18(23)12(11-20)9-14-6-8-17(26-14)15-7-5-13(19)10-16(15)22(24)25/h5-10H,3-4H2,1-2H3/b12-9+. The molecule has 0 aliphatic heterocycles. The topological polar surface area (TPSA) is 100 Å². The highest BCUT2D eigenvalue weighted by molar-refractivity contribution is 6.30. The number of benzene rings is 1. The monoisotopic (exact) mass is 373 g/mol. The van der Waals surface area contributed by atoms with Crippen molar-refractivity contribution in [3.8, 4) is 17.4 Å². The zero-order valence-corrected chi connectivity index (χ0v) is 15.0. The molecule has 0 saturated carbocycles. The predicted octanol–water partition coefficient (Wildman–Crippen LogP) is 4.28. The molecule has 0 bridgehead atoms. The molecule has 0 aliphatic rings. The Kier molecular flexibility index (Phi) is 6.15. The van der Waals surface area contributed by atoms with Crippen LogP contribution in [0.25, 0.3) is 17.4 Å². The van der Waals surface area contributed by atoms with Gasteiger partial charge in [0.1, 0.15) is 23.2 Å². The summed E-state index contributed by atoms with van der Waals surface area (Å²) in [6, 6.07) is 9.19. The normalized spacial score (nSPS) is 11.1. The summed E-state index contributed by atoms with van der Waals surface area (Å²) in [5, 5.41) is 20.7. The van der Waals surface area contributed by atoms with E-state index in [1.165, 1.54) is 29.2 Å². The van der Waals surface area contributed by atoms with E-state index in [0.717, 1.165) is 0 Å². The first-order valence-corrected chi connectivity index (χ1v) is 8.24. The molecule has 0 saturated heterocycles. The Balaban J connectivity index is 2.40. The molecule has 1 amide bonds. The number of hydrogen-bond acceptors (Lipinski definition) is 5. The van der Waals surface area contributed by atoms with E-state index in [-0.39, 0.29) is 33.4 Å². The molecule has 0 fully saturated rings. The molecule has 0 radical (unpaired) electrons. The molecule has 0 unspecified atom stereocenters. The molecule has 1 aromatic heterocycles. The van der Waals surface area contributed by atoms with Gasteiger partial charge >= 0.3 is 0 Å². The van der Waals surface area contributed by atoms with Gasteiger partial charge in [-0.1, -0.05) is 11.6 Å². The van der Waals surface area contributed by atoms with Crippen LogP contribution in [-0.2, 0) is 4.79 Å². The highest BCUT2D eigenvalue weighted by Crippen LogP contribution is 2.33. The fourth-order valence-electron chi connectivity index (χ4n) is 2.40. The summed E-state index contributed by atoms with van der Waals surface area (Å²) < 4.78 is 5.58. The van der Waals surface area contributed by atoms with Gasteiger partial charge in [0.05, 0.1) is 10.5 Å². The van der Waals surface area contributed by atoms with E-state index < -0.39 is 10.8 Å². The van der Waals surface area contributed by atoms with Crippen molar-refractivity contribution in [1.82, 2.24) is 4.90 Å². The molecule has 26 heavy (non-hydrogen) atoms. The molecule has 2 rings (SSSR count). The lowest BCUT2D eigenvalue weighted by Crippen LogP contribution is -2.31. The summed E-state index contributed by atoms with van der Waals surface area (Å²) >= 11 is 5.81. The van der Waals surface area contributed by atoms with Crippen LogP contribution in [-0.4, -0.2) is 28.8 Å². The molecule has 0 N–H and O–H groups in total. The van der Waals surface area contributed by atoms with Crippen LogP contribution in [0.1, 0.15) is 19.6 Å². The number of halogens is 1. The van der Waals surface area contributed by atoms with Crippen molar-refractivity contribution in [2.75, 3.05) is 13.1 Å². The number of nitrogens with zero attached hydrogens (tertiary/aromatic N) is 3. The molecule has 1 aromatic carbocycles. The third kappa shape index (κ3) is 4.10. The summed E-state index contributed by atoms with van der Waals surface area (Å²) in [7, 11) is 0. The third-order valence-electron chi connectivity index (χ3n) is 3.74. The number of nitriles is 1. The van der Waals surface area contributed by atoms with Crippen molar-refractivity contribution in [2.24, 2.45) is 0 Å². The zero-order chi connectivity index (χ0) is 19.3. The molecule has 1 heterocycles. The molecular weight excluding hydrogens is 358 g/mol. The Bertz CT molecular complexity index is 907. The maximum atomic E-state index is 12.3. The summed E-state index contributed by atoms with van der Waals surface area (Å²) in [5.74, 6) is 0.0985. The SMILES string of the molecule is CCN(CC)C(=O)/C(C#N)=C/c1ccc(-c2ccc(Cl)cc2[N+](=O)[O-])o1. The minimum absolute atomic E-state index is 0.0693. The Hall–Kier alpha value is -3.11. The van der Waals surface area contributed by atoms with Crippen LogP contribution >= 0.6 is 11.6 Å². The van der Waals surface area contributed by atoms with Crippen LogP contribution in [0.2, 0.25) is 5.02 Å². The number of carbonyl (C=O) groups excluding carboxylic acids is 1. The van der Waals surface area contributed by atoms with Gasteiger partial charge in [0.25, 0.3) is 11.6 Å². The number of nitro benzene ring substituents is 1. The van der Waals surface area contributed by atoms with Gasteiger partial charge in [-0.2, -0.15) is 5.26 Å². The predicted molar refractivity (Wildman–Crippen MR) is 97.3 cm³/mol. The largest absolute Gasteiger partial charge is 0.456 e.